The van der Waals surface area contributed by atoms with Gasteiger partial charge in [-0.05, 0) is 38.1 Å². The summed E-state index contributed by atoms with van der Waals surface area (Å²) < 4.78 is 5.15. The summed E-state index contributed by atoms with van der Waals surface area (Å²) in [6.45, 7) is 5.19. The molecule has 1 fully saturated rings. The van der Waals surface area contributed by atoms with Gasteiger partial charge in [-0.3, -0.25) is 4.79 Å². The summed E-state index contributed by atoms with van der Waals surface area (Å²) in [5, 5.41) is 3.08. The third-order valence-corrected chi connectivity index (χ3v) is 3.82. The number of carbonyl (C=O) groups is 1. The fraction of sp³-hybridized carbons (Fsp3) is 0.533. The highest BCUT2D eigenvalue weighted by Crippen LogP contribution is 2.24. The first-order chi connectivity index (χ1) is 9.65. The fourth-order valence-electron chi connectivity index (χ4n) is 2.64. The second-order valence-corrected chi connectivity index (χ2v) is 5.13. The molecule has 1 atom stereocenters. The lowest BCUT2D eigenvalue weighted by atomic mass is 10.0. The lowest BCUT2D eigenvalue weighted by Crippen LogP contribution is -2.47. The normalized spacial score (nSPS) is 19.6. The molecule has 1 aromatic rings. The number of methoxy groups -OCH3 is 1. The van der Waals surface area contributed by atoms with Crippen molar-refractivity contribution in [1.29, 1.82) is 0 Å². The van der Waals surface area contributed by atoms with Crippen LogP contribution in [0.3, 0.4) is 0 Å². The number of benzene rings is 1. The van der Waals surface area contributed by atoms with Crippen LogP contribution in [0.5, 0.6) is 5.75 Å². The van der Waals surface area contributed by atoms with Crippen molar-refractivity contribution >= 4 is 11.6 Å². The molecule has 0 aliphatic carbocycles. The quantitative estimate of drug-likeness (QED) is 0.818. The first-order valence-corrected chi connectivity index (χ1v) is 7.11. The number of piperidine rings is 1. The number of para-hydroxylation sites is 1. The predicted octanol–water partition coefficient (Wildman–Crippen LogP) is 1.49. The van der Waals surface area contributed by atoms with E-state index in [1.807, 2.05) is 0 Å². The van der Waals surface area contributed by atoms with Gasteiger partial charge in [0, 0.05) is 12.6 Å². The van der Waals surface area contributed by atoms with Crippen LogP contribution in [-0.2, 0) is 0 Å². The number of likely N-dealkylation sites (tertiary alicyclic amines) is 1. The number of nitrogens with two attached hydrogens (primary N) is 1. The molecule has 1 amide bonds. The second kappa shape index (κ2) is 6.61. The molecule has 5 heteroatoms. The summed E-state index contributed by atoms with van der Waals surface area (Å²) >= 11 is 0. The molecule has 1 aromatic carbocycles. The molecule has 1 heterocycles. The molecule has 1 aliphatic heterocycles. The highest BCUT2D eigenvalue weighted by Gasteiger charge is 2.22. The third-order valence-electron chi connectivity index (χ3n) is 3.82. The molecule has 3 N–H and O–H groups in total. The average molecular weight is 277 g/mol. The van der Waals surface area contributed by atoms with Crippen molar-refractivity contribution in [2.24, 2.45) is 0 Å². The van der Waals surface area contributed by atoms with Gasteiger partial charge in [0.15, 0.2) is 0 Å². The van der Waals surface area contributed by atoms with Gasteiger partial charge >= 0.3 is 0 Å². The first kappa shape index (κ1) is 14.7. The zero-order valence-corrected chi connectivity index (χ0v) is 12.2. The number of nitrogen functional groups attached to an aromatic ring is 1. The van der Waals surface area contributed by atoms with Gasteiger partial charge in [-0.15, -0.1) is 0 Å². The smallest absolute Gasteiger partial charge is 0.253 e. The Labute approximate surface area is 120 Å². The van der Waals surface area contributed by atoms with E-state index >= 15 is 0 Å². The van der Waals surface area contributed by atoms with Crippen LogP contribution in [-0.4, -0.2) is 43.6 Å². The highest BCUT2D eigenvalue weighted by atomic mass is 16.5. The Morgan fingerprint density at radius 1 is 1.55 bits per heavy atom. The van der Waals surface area contributed by atoms with Gasteiger partial charge in [0.1, 0.15) is 5.75 Å². The van der Waals surface area contributed by atoms with Gasteiger partial charge in [0.05, 0.1) is 18.4 Å². The van der Waals surface area contributed by atoms with E-state index in [0.29, 0.717) is 17.0 Å². The Morgan fingerprint density at radius 2 is 2.35 bits per heavy atom. The van der Waals surface area contributed by atoms with Crippen molar-refractivity contribution in [1.82, 2.24) is 10.2 Å². The summed E-state index contributed by atoms with van der Waals surface area (Å²) in [7, 11) is 1.55. The Balaban J connectivity index is 2.05. The molecule has 1 saturated heterocycles. The number of hydrogen-bond acceptors (Lipinski definition) is 4. The number of nitrogens with zero attached hydrogens (tertiary/aromatic N) is 1. The number of anilines is 1. The summed E-state index contributed by atoms with van der Waals surface area (Å²) in [5.41, 5.74) is 6.84. The van der Waals surface area contributed by atoms with E-state index in [2.05, 4.69) is 17.1 Å². The first-order valence-electron chi connectivity index (χ1n) is 7.11. The van der Waals surface area contributed by atoms with Crippen molar-refractivity contribution in [3.63, 3.8) is 0 Å². The SMILES string of the molecule is CCN1CCCC(NC(=O)c2cccc(OC)c2N)C1. The largest absolute Gasteiger partial charge is 0.495 e. The zero-order chi connectivity index (χ0) is 14.5. The molecule has 0 bridgehead atoms. The Hall–Kier alpha value is -1.75. The third kappa shape index (κ3) is 3.22. The predicted molar refractivity (Wildman–Crippen MR) is 80.0 cm³/mol. The van der Waals surface area contributed by atoms with E-state index in [1.54, 1.807) is 25.3 Å². The van der Waals surface area contributed by atoms with E-state index in [4.69, 9.17) is 10.5 Å². The summed E-state index contributed by atoms with van der Waals surface area (Å²) in [5.74, 6) is 0.417. The van der Waals surface area contributed by atoms with Gasteiger partial charge in [0.25, 0.3) is 5.91 Å². The van der Waals surface area contributed by atoms with Gasteiger partial charge < -0.3 is 20.7 Å². The number of amides is 1. The van der Waals surface area contributed by atoms with E-state index < -0.39 is 0 Å². The van der Waals surface area contributed by atoms with E-state index in [9.17, 15) is 4.79 Å². The van der Waals surface area contributed by atoms with Crippen molar-refractivity contribution in [2.45, 2.75) is 25.8 Å². The van der Waals surface area contributed by atoms with Crippen LogP contribution in [0.15, 0.2) is 18.2 Å². The van der Waals surface area contributed by atoms with Crippen LogP contribution >= 0.6 is 0 Å². The van der Waals surface area contributed by atoms with Crippen molar-refractivity contribution in [3.05, 3.63) is 23.8 Å². The maximum absolute atomic E-state index is 12.3. The lowest BCUT2D eigenvalue weighted by Gasteiger charge is -2.32. The molecule has 5 nitrogen and oxygen atoms in total. The van der Waals surface area contributed by atoms with Gasteiger partial charge in [0.2, 0.25) is 0 Å². The fourth-order valence-corrected chi connectivity index (χ4v) is 2.64. The summed E-state index contributed by atoms with van der Waals surface area (Å²) in [6.07, 6.45) is 2.14. The topological polar surface area (TPSA) is 67.6 Å². The van der Waals surface area contributed by atoms with E-state index in [1.165, 1.54) is 0 Å². The van der Waals surface area contributed by atoms with Crippen molar-refractivity contribution in [2.75, 3.05) is 32.5 Å². The molecule has 0 aromatic heterocycles. The van der Waals surface area contributed by atoms with Crippen molar-refractivity contribution < 1.29 is 9.53 Å². The standard InChI is InChI=1S/C15H23N3O2/c1-3-18-9-5-6-11(10-18)17-15(19)12-7-4-8-13(20-2)14(12)16/h4,7-8,11H,3,5-6,9-10,16H2,1-2H3,(H,17,19). The van der Waals surface area contributed by atoms with Crippen LogP contribution in [0.25, 0.3) is 0 Å². The number of rotatable bonds is 4. The van der Waals surface area contributed by atoms with Crippen LogP contribution in [0.1, 0.15) is 30.1 Å². The van der Waals surface area contributed by atoms with Crippen LogP contribution in [0.2, 0.25) is 0 Å². The summed E-state index contributed by atoms with van der Waals surface area (Å²) in [6, 6.07) is 5.46. The molecule has 0 spiro atoms. The monoisotopic (exact) mass is 277 g/mol. The Bertz CT molecular complexity index is 476. The number of ether oxygens (including phenoxy) is 1. The number of likely N-dealkylation sites (N-methyl/N-ethyl adjacent to an activating group) is 1. The molecule has 110 valence electrons. The Kier molecular flexibility index (Phi) is 4.84. The Morgan fingerprint density at radius 3 is 3.05 bits per heavy atom. The molecule has 0 saturated carbocycles. The second-order valence-electron chi connectivity index (χ2n) is 5.13. The highest BCUT2D eigenvalue weighted by molar-refractivity contribution is 6.00. The van der Waals surface area contributed by atoms with Crippen LogP contribution < -0.4 is 15.8 Å². The van der Waals surface area contributed by atoms with Gasteiger partial charge in [-0.1, -0.05) is 13.0 Å². The number of carbonyl (C=O) groups excluding carboxylic acids is 1. The lowest BCUT2D eigenvalue weighted by molar-refractivity contribution is 0.0906. The van der Waals surface area contributed by atoms with E-state index in [0.717, 1.165) is 32.5 Å². The minimum absolute atomic E-state index is 0.121. The molecule has 0 radical (unpaired) electrons. The minimum Gasteiger partial charge on any atom is -0.495 e. The van der Waals surface area contributed by atoms with Crippen molar-refractivity contribution in [3.8, 4) is 5.75 Å². The van der Waals surface area contributed by atoms with Crippen LogP contribution in [0, 0.1) is 0 Å². The summed E-state index contributed by atoms with van der Waals surface area (Å²) in [4.78, 5) is 14.7. The average Bonchev–Trinajstić information content (AvgIpc) is 2.47. The van der Waals surface area contributed by atoms with Crippen LogP contribution in [0.4, 0.5) is 5.69 Å². The number of nitrogens with one attached hydrogen (secondary N) is 1. The molecular formula is C15H23N3O2. The molecular weight excluding hydrogens is 254 g/mol. The molecule has 1 aliphatic rings. The number of hydrogen-bond donors (Lipinski definition) is 2. The zero-order valence-electron chi connectivity index (χ0n) is 12.2. The molecule has 20 heavy (non-hydrogen) atoms. The van der Waals surface area contributed by atoms with E-state index in [-0.39, 0.29) is 11.9 Å². The molecule has 1 unspecified atom stereocenters. The molecule has 2 rings (SSSR count). The minimum atomic E-state index is -0.121. The maximum atomic E-state index is 12.3. The maximum Gasteiger partial charge on any atom is 0.253 e. The van der Waals surface area contributed by atoms with Gasteiger partial charge in [-0.2, -0.15) is 0 Å². The van der Waals surface area contributed by atoms with Gasteiger partial charge in [-0.25, -0.2) is 0 Å².